The van der Waals surface area contributed by atoms with Crippen LogP contribution in [0.4, 0.5) is 5.69 Å². The van der Waals surface area contributed by atoms with Gasteiger partial charge in [-0.25, -0.2) is 0 Å². The Bertz CT molecular complexity index is 668. The van der Waals surface area contributed by atoms with Crippen LogP contribution in [0.3, 0.4) is 0 Å². The lowest BCUT2D eigenvalue weighted by Crippen LogP contribution is -2.27. The molecule has 2 aromatic carbocycles. The highest BCUT2D eigenvalue weighted by Crippen LogP contribution is 2.26. The molecule has 3 nitrogen and oxygen atoms in total. The van der Waals surface area contributed by atoms with Gasteiger partial charge in [0, 0.05) is 29.6 Å². The summed E-state index contributed by atoms with van der Waals surface area (Å²) in [5.74, 6) is -0.205. The minimum absolute atomic E-state index is 0.0561. The molecule has 0 aliphatic carbocycles. The Labute approximate surface area is 129 Å². The van der Waals surface area contributed by atoms with Crippen molar-refractivity contribution < 1.29 is 9.59 Å². The van der Waals surface area contributed by atoms with Crippen LogP contribution in [0.5, 0.6) is 0 Å². The maximum atomic E-state index is 12.6. The molecule has 0 aliphatic heterocycles. The number of anilines is 1. The van der Waals surface area contributed by atoms with Crippen molar-refractivity contribution in [1.82, 2.24) is 0 Å². The van der Waals surface area contributed by atoms with Gasteiger partial charge in [0.2, 0.25) is 5.91 Å². The average molecular weight is 302 g/mol. The first-order chi connectivity index (χ1) is 10.0. The SMILES string of the molecule is CCC(=O)N(C)c1ccc(Cl)cc1C(=O)c1ccccc1. The standard InChI is InChI=1S/C17H16ClNO2/c1-3-16(20)19(2)15-10-9-13(18)11-14(15)17(21)12-7-5-4-6-8-12/h4-11H,3H2,1-2H3. The first-order valence-electron chi connectivity index (χ1n) is 6.70. The summed E-state index contributed by atoms with van der Waals surface area (Å²) in [5, 5.41) is 0.468. The van der Waals surface area contributed by atoms with Crippen LogP contribution in [-0.4, -0.2) is 18.7 Å². The Balaban J connectivity index is 2.50. The van der Waals surface area contributed by atoms with Gasteiger partial charge >= 0.3 is 0 Å². The van der Waals surface area contributed by atoms with Gasteiger partial charge in [-0.05, 0) is 18.2 Å². The van der Waals surface area contributed by atoms with Gasteiger partial charge in [0.05, 0.1) is 5.69 Å². The lowest BCUT2D eigenvalue weighted by atomic mass is 10.0. The van der Waals surface area contributed by atoms with Crippen LogP contribution in [0.15, 0.2) is 48.5 Å². The first-order valence-corrected chi connectivity index (χ1v) is 7.08. The highest BCUT2D eigenvalue weighted by atomic mass is 35.5. The number of ketones is 1. The summed E-state index contributed by atoms with van der Waals surface area (Å²) in [6, 6.07) is 13.9. The molecular weight excluding hydrogens is 286 g/mol. The zero-order valence-corrected chi connectivity index (χ0v) is 12.7. The van der Waals surface area contributed by atoms with Crippen molar-refractivity contribution in [3.63, 3.8) is 0 Å². The topological polar surface area (TPSA) is 37.4 Å². The van der Waals surface area contributed by atoms with Gasteiger partial charge < -0.3 is 4.90 Å². The highest BCUT2D eigenvalue weighted by Gasteiger charge is 2.19. The van der Waals surface area contributed by atoms with E-state index in [-0.39, 0.29) is 11.7 Å². The van der Waals surface area contributed by atoms with E-state index in [2.05, 4.69) is 0 Å². The Morgan fingerprint density at radius 2 is 1.76 bits per heavy atom. The van der Waals surface area contributed by atoms with E-state index in [4.69, 9.17) is 11.6 Å². The van der Waals surface area contributed by atoms with Crippen molar-refractivity contribution in [2.75, 3.05) is 11.9 Å². The fraction of sp³-hybridized carbons (Fsp3) is 0.176. The Morgan fingerprint density at radius 3 is 2.38 bits per heavy atom. The number of carbonyl (C=O) groups is 2. The minimum atomic E-state index is -0.149. The lowest BCUT2D eigenvalue weighted by Gasteiger charge is -2.20. The maximum absolute atomic E-state index is 12.6. The van der Waals surface area contributed by atoms with Crippen LogP contribution in [-0.2, 0) is 4.79 Å². The zero-order valence-electron chi connectivity index (χ0n) is 12.0. The number of nitrogens with zero attached hydrogens (tertiary/aromatic N) is 1. The van der Waals surface area contributed by atoms with Crippen LogP contribution in [0.1, 0.15) is 29.3 Å². The third-order valence-electron chi connectivity index (χ3n) is 3.28. The summed E-state index contributed by atoms with van der Waals surface area (Å²) >= 11 is 6.01. The molecule has 0 bridgehead atoms. The number of hydrogen-bond acceptors (Lipinski definition) is 2. The predicted molar refractivity (Wildman–Crippen MR) is 85.0 cm³/mol. The molecule has 21 heavy (non-hydrogen) atoms. The molecule has 2 aromatic rings. The monoisotopic (exact) mass is 301 g/mol. The van der Waals surface area contributed by atoms with Gasteiger partial charge in [0.1, 0.15) is 0 Å². The number of amides is 1. The van der Waals surface area contributed by atoms with Crippen molar-refractivity contribution in [3.05, 3.63) is 64.7 Å². The molecule has 0 fully saturated rings. The molecule has 2 rings (SSSR count). The van der Waals surface area contributed by atoms with Crippen LogP contribution in [0.25, 0.3) is 0 Å². The molecule has 0 saturated carbocycles. The van der Waals surface area contributed by atoms with Crippen molar-refractivity contribution >= 4 is 29.0 Å². The van der Waals surface area contributed by atoms with Gasteiger partial charge in [-0.3, -0.25) is 9.59 Å². The van der Waals surface area contributed by atoms with Crippen molar-refractivity contribution in [2.24, 2.45) is 0 Å². The quantitative estimate of drug-likeness (QED) is 0.802. The number of carbonyl (C=O) groups excluding carboxylic acids is 2. The summed E-state index contributed by atoms with van der Waals surface area (Å²) in [4.78, 5) is 26.0. The van der Waals surface area contributed by atoms with E-state index >= 15 is 0 Å². The molecule has 0 aliphatic rings. The minimum Gasteiger partial charge on any atom is -0.315 e. The molecular formula is C17H16ClNO2. The predicted octanol–water partition coefficient (Wildman–Crippen LogP) is 3.94. The zero-order chi connectivity index (χ0) is 15.4. The number of halogens is 1. The van der Waals surface area contributed by atoms with Crippen LogP contribution >= 0.6 is 11.6 Å². The summed E-state index contributed by atoms with van der Waals surface area (Å²) in [7, 11) is 1.66. The summed E-state index contributed by atoms with van der Waals surface area (Å²) in [6.07, 6.45) is 0.373. The second-order valence-corrected chi connectivity index (χ2v) is 5.10. The molecule has 0 aromatic heterocycles. The van der Waals surface area contributed by atoms with Gasteiger partial charge in [-0.1, -0.05) is 48.9 Å². The van der Waals surface area contributed by atoms with Crippen molar-refractivity contribution in [2.45, 2.75) is 13.3 Å². The molecule has 108 valence electrons. The van der Waals surface area contributed by atoms with Gasteiger partial charge in [0.25, 0.3) is 0 Å². The third kappa shape index (κ3) is 3.31. The largest absolute Gasteiger partial charge is 0.315 e. The molecule has 1 amide bonds. The van der Waals surface area contributed by atoms with E-state index in [1.807, 2.05) is 6.07 Å². The maximum Gasteiger partial charge on any atom is 0.226 e. The molecule has 4 heteroatoms. The van der Waals surface area contributed by atoms with Gasteiger partial charge in [-0.2, -0.15) is 0 Å². The molecule has 0 heterocycles. The van der Waals surface area contributed by atoms with E-state index in [0.717, 1.165) is 0 Å². The lowest BCUT2D eigenvalue weighted by molar-refractivity contribution is -0.118. The van der Waals surface area contributed by atoms with Gasteiger partial charge in [-0.15, -0.1) is 0 Å². The van der Waals surface area contributed by atoms with E-state index in [9.17, 15) is 9.59 Å². The fourth-order valence-corrected chi connectivity index (χ4v) is 2.27. The van der Waals surface area contributed by atoms with Crippen LogP contribution < -0.4 is 4.90 Å². The first kappa shape index (κ1) is 15.3. The fourth-order valence-electron chi connectivity index (χ4n) is 2.10. The molecule has 0 saturated heterocycles. The van der Waals surface area contributed by atoms with Crippen molar-refractivity contribution in [1.29, 1.82) is 0 Å². The smallest absolute Gasteiger partial charge is 0.226 e. The molecule has 0 radical (unpaired) electrons. The molecule has 0 unspecified atom stereocenters. The van der Waals surface area contributed by atoms with E-state index in [0.29, 0.717) is 28.3 Å². The Morgan fingerprint density at radius 1 is 1.10 bits per heavy atom. The summed E-state index contributed by atoms with van der Waals surface area (Å²) < 4.78 is 0. The second kappa shape index (κ2) is 6.55. The normalized spacial score (nSPS) is 10.2. The summed E-state index contributed by atoms with van der Waals surface area (Å²) in [5.41, 5.74) is 1.57. The second-order valence-electron chi connectivity index (χ2n) is 4.66. The summed E-state index contributed by atoms with van der Waals surface area (Å²) in [6.45, 7) is 1.79. The van der Waals surface area contributed by atoms with E-state index in [1.54, 1.807) is 56.4 Å². The molecule has 0 spiro atoms. The Kier molecular flexibility index (Phi) is 4.76. The highest BCUT2D eigenvalue weighted by molar-refractivity contribution is 6.31. The Hall–Kier alpha value is -2.13. The number of hydrogen-bond donors (Lipinski definition) is 0. The molecule has 0 atom stereocenters. The number of benzene rings is 2. The number of rotatable bonds is 4. The van der Waals surface area contributed by atoms with E-state index in [1.165, 1.54) is 4.90 Å². The van der Waals surface area contributed by atoms with Crippen LogP contribution in [0.2, 0.25) is 5.02 Å². The third-order valence-corrected chi connectivity index (χ3v) is 3.51. The van der Waals surface area contributed by atoms with Crippen molar-refractivity contribution in [3.8, 4) is 0 Å². The van der Waals surface area contributed by atoms with Crippen LogP contribution in [0, 0.1) is 0 Å². The van der Waals surface area contributed by atoms with Gasteiger partial charge in [0.15, 0.2) is 5.78 Å². The average Bonchev–Trinajstić information content (AvgIpc) is 2.53. The molecule has 0 N–H and O–H groups in total. The van der Waals surface area contributed by atoms with E-state index < -0.39 is 0 Å².